The Bertz CT molecular complexity index is 1090. The van der Waals surface area contributed by atoms with E-state index >= 15 is 0 Å². The van der Waals surface area contributed by atoms with Gasteiger partial charge in [-0.2, -0.15) is 0 Å². The monoisotopic (exact) mass is 440 g/mol. The van der Waals surface area contributed by atoms with Crippen LogP contribution >= 0.6 is 11.3 Å². The maximum absolute atomic E-state index is 11.3. The van der Waals surface area contributed by atoms with Gasteiger partial charge in [-0.05, 0) is 59.5 Å². The van der Waals surface area contributed by atoms with E-state index in [1.54, 1.807) is 23.5 Å². The normalized spacial score (nSPS) is 14.9. The average Bonchev–Trinajstić information content (AvgIpc) is 3.15. The molecular weight excluding hydrogens is 408 g/mol. The summed E-state index contributed by atoms with van der Waals surface area (Å²) in [7, 11) is 0. The third kappa shape index (κ3) is 4.78. The van der Waals surface area contributed by atoms with Crippen LogP contribution in [0.15, 0.2) is 42.5 Å². The summed E-state index contributed by atoms with van der Waals surface area (Å²) in [4.78, 5) is 12.5. The maximum atomic E-state index is 11.3. The van der Waals surface area contributed by atoms with Gasteiger partial charge in [0.25, 0.3) is 0 Å². The molecule has 2 unspecified atom stereocenters. The van der Waals surface area contributed by atoms with Gasteiger partial charge in [-0.25, -0.2) is 4.79 Å². The highest BCUT2D eigenvalue weighted by molar-refractivity contribution is 7.19. The van der Waals surface area contributed by atoms with Crippen molar-refractivity contribution in [2.24, 2.45) is 5.41 Å². The molecule has 2 atom stereocenters. The molecule has 1 aromatic heterocycles. The number of benzene rings is 2. The first-order chi connectivity index (χ1) is 14.5. The predicted molar refractivity (Wildman–Crippen MR) is 128 cm³/mol. The lowest BCUT2D eigenvalue weighted by Crippen LogP contribution is -2.32. The Labute approximate surface area is 188 Å². The van der Waals surface area contributed by atoms with E-state index in [0.29, 0.717) is 5.56 Å². The summed E-state index contributed by atoms with van der Waals surface area (Å²) in [5, 5.41) is 20.6. The molecule has 0 amide bonds. The van der Waals surface area contributed by atoms with E-state index in [4.69, 9.17) is 4.74 Å². The minimum absolute atomic E-state index is 0.193. The molecule has 0 bridgehead atoms. The maximum Gasteiger partial charge on any atom is 0.335 e. The van der Waals surface area contributed by atoms with Gasteiger partial charge in [0.15, 0.2) is 0 Å². The second kappa shape index (κ2) is 8.64. The number of aliphatic hydroxyl groups excluding tert-OH is 1. The van der Waals surface area contributed by atoms with Crippen molar-refractivity contribution >= 4 is 27.4 Å². The molecule has 0 saturated carbocycles. The van der Waals surface area contributed by atoms with Crippen molar-refractivity contribution in [2.75, 3.05) is 6.61 Å². The van der Waals surface area contributed by atoms with Gasteiger partial charge in [0, 0.05) is 15.0 Å². The Morgan fingerprint density at radius 3 is 2.39 bits per heavy atom. The number of aromatic carboxylic acids is 1. The Hall–Kier alpha value is -2.37. The zero-order chi connectivity index (χ0) is 23.0. The summed E-state index contributed by atoms with van der Waals surface area (Å²) in [6.07, 6.45) is 0.371. The van der Waals surface area contributed by atoms with Crippen LogP contribution in [0.1, 0.15) is 67.4 Å². The van der Waals surface area contributed by atoms with Gasteiger partial charge >= 0.3 is 5.97 Å². The highest BCUT2D eigenvalue weighted by Crippen LogP contribution is 2.42. The third-order valence-corrected chi connectivity index (χ3v) is 7.59. The molecule has 3 rings (SSSR count). The molecular formula is C26H32O4S. The van der Waals surface area contributed by atoms with Crippen molar-refractivity contribution < 1.29 is 19.7 Å². The first-order valence-corrected chi connectivity index (χ1v) is 11.5. The second-order valence-corrected chi connectivity index (χ2v) is 10.6. The minimum atomic E-state index is -0.905. The predicted octanol–water partition coefficient (Wildman–Crippen LogP) is 6.41. The molecule has 0 spiro atoms. The number of thiophene rings is 1. The first-order valence-electron chi connectivity index (χ1n) is 10.6. The lowest BCUT2D eigenvalue weighted by molar-refractivity contribution is 0.0216. The topological polar surface area (TPSA) is 66.8 Å². The van der Waals surface area contributed by atoms with Gasteiger partial charge in [-0.15, -0.1) is 11.3 Å². The van der Waals surface area contributed by atoms with E-state index in [9.17, 15) is 15.0 Å². The van der Waals surface area contributed by atoms with E-state index in [0.717, 1.165) is 27.8 Å². The summed E-state index contributed by atoms with van der Waals surface area (Å²) < 4.78 is 6.90. The van der Waals surface area contributed by atoms with E-state index in [1.165, 1.54) is 10.4 Å². The van der Waals surface area contributed by atoms with Crippen molar-refractivity contribution in [3.05, 3.63) is 64.0 Å². The standard InChI is InChI=1S/C26H32O4S/c1-7-26(6,23-14-17-8-9-18(24(28)29)13-21(17)31-23)19-10-11-20(16(2)12-19)30-15-22(27)25(3,4)5/h8-14,22,27H,7,15H2,1-6H3,(H,28,29). The Balaban J connectivity index is 1.91. The fourth-order valence-electron chi connectivity index (χ4n) is 3.53. The summed E-state index contributed by atoms with van der Waals surface area (Å²) in [6.45, 7) is 12.7. The number of carboxylic acid groups (broad SMARTS) is 1. The van der Waals surface area contributed by atoms with Crippen molar-refractivity contribution in [1.29, 1.82) is 0 Å². The number of ether oxygens (including phenoxy) is 1. The molecule has 31 heavy (non-hydrogen) atoms. The van der Waals surface area contributed by atoms with Crippen molar-refractivity contribution in [3.8, 4) is 5.75 Å². The van der Waals surface area contributed by atoms with Crippen LogP contribution in [-0.4, -0.2) is 28.9 Å². The molecule has 0 aliphatic carbocycles. The second-order valence-electron chi connectivity index (χ2n) is 9.53. The smallest absolute Gasteiger partial charge is 0.335 e. The van der Waals surface area contributed by atoms with Gasteiger partial charge in [-0.3, -0.25) is 0 Å². The quantitative estimate of drug-likeness (QED) is 0.445. The zero-order valence-electron chi connectivity index (χ0n) is 19.2. The van der Waals surface area contributed by atoms with Crippen molar-refractivity contribution in [2.45, 2.75) is 59.5 Å². The molecule has 0 saturated heterocycles. The summed E-state index contributed by atoms with van der Waals surface area (Å²) in [5.74, 6) is -0.120. The number of carboxylic acids is 1. The highest BCUT2D eigenvalue weighted by Gasteiger charge is 2.30. The van der Waals surface area contributed by atoms with Crippen LogP contribution in [0.3, 0.4) is 0 Å². The van der Waals surface area contributed by atoms with E-state index in [1.807, 2.05) is 39.8 Å². The van der Waals surface area contributed by atoms with Crippen LogP contribution in [0.25, 0.3) is 10.1 Å². The molecule has 4 nitrogen and oxygen atoms in total. The van der Waals surface area contributed by atoms with E-state index < -0.39 is 12.1 Å². The lowest BCUT2D eigenvalue weighted by atomic mass is 9.78. The molecule has 2 aromatic carbocycles. The molecule has 166 valence electrons. The van der Waals surface area contributed by atoms with Gasteiger partial charge in [-0.1, -0.05) is 52.8 Å². The van der Waals surface area contributed by atoms with Crippen LogP contribution in [0.2, 0.25) is 0 Å². The molecule has 0 aliphatic rings. The molecule has 0 radical (unpaired) electrons. The highest BCUT2D eigenvalue weighted by atomic mass is 32.1. The largest absolute Gasteiger partial charge is 0.491 e. The molecule has 3 aromatic rings. The molecule has 5 heteroatoms. The van der Waals surface area contributed by atoms with E-state index in [-0.39, 0.29) is 17.4 Å². The van der Waals surface area contributed by atoms with Crippen LogP contribution < -0.4 is 4.74 Å². The minimum Gasteiger partial charge on any atom is -0.491 e. The first kappa shape index (κ1) is 23.3. The third-order valence-electron chi connectivity index (χ3n) is 6.23. The number of aliphatic hydroxyl groups is 1. The van der Waals surface area contributed by atoms with Crippen LogP contribution in [0.4, 0.5) is 0 Å². The number of rotatable bonds is 7. The fourth-order valence-corrected chi connectivity index (χ4v) is 4.87. The number of hydrogen-bond donors (Lipinski definition) is 2. The fraction of sp³-hybridized carbons (Fsp3) is 0.423. The number of fused-ring (bicyclic) bond motifs is 1. The van der Waals surface area contributed by atoms with Gasteiger partial charge in [0.05, 0.1) is 11.7 Å². The molecule has 0 fully saturated rings. The molecule has 2 N–H and O–H groups in total. The Morgan fingerprint density at radius 1 is 1.10 bits per heavy atom. The molecule has 0 aliphatic heterocycles. The lowest BCUT2D eigenvalue weighted by Gasteiger charge is -2.29. The van der Waals surface area contributed by atoms with Crippen LogP contribution in [0.5, 0.6) is 5.75 Å². The number of carbonyl (C=O) groups is 1. The molecule has 1 heterocycles. The van der Waals surface area contributed by atoms with Crippen molar-refractivity contribution in [3.63, 3.8) is 0 Å². The van der Waals surface area contributed by atoms with Gasteiger partial charge in [0.2, 0.25) is 0 Å². The van der Waals surface area contributed by atoms with Crippen molar-refractivity contribution in [1.82, 2.24) is 0 Å². The zero-order valence-corrected chi connectivity index (χ0v) is 20.0. The van der Waals surface area contributed by atoms with Crippen LogP contribution in [-0.2, 0) is 5.41 Å². The summed E-state index contributed by atoms with van der Waals surface area (Å²) in [6, 6.07) is 13.7. The Kier molecular flexibility index (Phi) is 6.49. The number of aryl methyl sites for hydroxylation is 1. The van der Waals surface area contributed by atoms with Crippen LogP contribution in [0, 0.1) is 12.3 Å². The number of hydrogen-bond acceptors (Lipinski definition) is 4. The Morgan fingerprint density at radius 2 is 1.81 bits per heavy atom. The summed E-state index contributed by atoms with van der Waals surface area (Å²) >= 11 is 1.65. The van der Waals surface area contributed by atoms with E-state index in [2.05, 4.69) is 32.0 Å². The average molecular weight is 441 g/mol. The summed E-state index contributed by atoms with van der Waals surface area (Å²) in [5.41, 5.74) is 2.13. The van der Waals surface area contributed by atoms with Gasteiger partial charge < -0.3 is 14.9 Å². The SMILES string of the molecule is CCC(C)(c1ccc(OCC(O)C(C)(C)C)c(C)c1)c1cc2ccc(C(=O)O)cc2s1. The van der Waals surface area contributed by atoms with Gasteiger partial charge in [0.1, 0.15) is 12.4 Å².